The summed E-state index contributed by atoms with van der Waals surface area (Å²) in [6.45, 7) is 2.79. The minimum atomic E-state index is -0.802. The zero-order valence-electron chi connectivity index (χ0n) is 15.0. The smallest absolute Gasteiger partial charge is 0.242 e. The van der Waals surface area contributed by atoms with E-state index in [1.54, 1.807) is 4.90 Å². The van der Waals surface area contributed by atoms with Crippen LogP contribution < -0.4 is 16.0 Å². The molecule has 3 N–H and O–H groups in total. The van der Waals surface area contributed by atoms with Crippen molar-refractivity contribution in [2.45, 2.75) is 37.6 Å². The van der Waals surface area contributed by atoms with Crippen molar-refractivity contribution in [3.8, 4) is 0 Å². The van der Waals surface area contributed by atoms with E-state index in [1.165, 1.54) is 0 Å². The summed E-state index contributed by atoms with van der Waals surface area (Å²) in [5, 5.41) is 3.46. The first-order valence-corrected chi connectivity index (χ1v) is 9.71. The Morgan fingerprint density at radius 2 is 1.81 bits per heavy atom. The van der Waals surface area contributed by atoms with Gasteiger partial charge < -0.3 is 20.9 Å². The summed E-state index contributed by atoms with van der Waals surface area (Å²) in [5.41, 5.74) is 6.48. The van der Waals surface area contributed by atoms with Crippen LogP contribution in [-0.4, -0.2) is 55.0 Å². The van der Waals surface area contributed by atoms with Gasteiger partial charge in [-0.25, -0.2) is 0 Å². The Kier molecular flexibility index (Phi) is 6.04. The average Bonchev–Trinajstić information content (AvgIpc) is 2.66. The zero-order chi connectivity index (χ0) is 18.6. The number of nitrogens with zero attached hydrogens (tertiary/aromatic N) is 2. The summed E-state index contributed by atoms with van der Waals surface area (Å²) in [6.07, 6.45) is 4.48. The van der Waals surface area contributed by atoms with Gasteiger partial charge in [0.2, 0.25) is 11.8 Å². The molecule has 1 aliphatic carbocycles. The maximum atomic E-state index is 12.4. The normalized spacial score (nSPS) is 19.9. The van der Waals surface area contributed by atoms with Gasteiger partial charge in [-0.3, -0.25) is 9.59 Å². The van der Waals surface area contributed by atoms with E-state index in [0.717, 1.165) is 38.0 Å². The summed E-state index contributed by atoms with van der Waals surface area (Å²) in [4.78, 5) is 28.8. The molecule has 0 spiro atoms. The first-order chi connectivity index (χ1) is 12.5. The molecule has 0 bridgehead atoms. The van der Waals surface area contributed by atoms with E-state index in [1.807, 2.05) is 24.3 Å². The van der Waals surface area contributed by atoms with Crippen LogP contribution in [0.4, 0.5) is 5.69 Å². The lowest BCUT2D eigenvalue weighted by atomic mass is 9.82. The monoisotopic (exact) mass is 378 g/mol. The minimum Gasteiger partial charge on any atom is -0.368 e. The zero-order valence-corrected chi connectivity index (χ0v) is 15.8. The van der Waals surface area contributed by atoms with Gasteiger partial charge in [0.05, 0.1) is 12.1 Å². The number of nitrogens with one attached hydrogen (secondary N) is 1. The molecule has 1 aromatic carbocycles. The molecule has 6 nitrogen and oxygen atoms in total. The van der Waals surface area contributed by atoms with Crippen LogP contribution in [0.15, 0.2) is 24.3 Å². The molecule has 3 rings (SSSR count). The van der Waals surface area contributed by atoms with Crippen LogP contribution in [-0.2, 0) is 9.59 Å². The highest BCUT2D eigenvalue weighted by molar-refractivity contribution is 6.30. The fourth-order valence-corrected chi connectivity index (χ4v) is 3.92. The van der Waals surface area contributed by atoms with Crippen LogP contribution in [0.5, 0.6) is 0 Å². The molecule has 1 saturated carbocycles. The van der Waals surface area contributed by atoms with Crippen molar-refractivity contribution in [2.75, 3.05) is 37.6 Å². The van der Waals surface area contributed by atoms with E-state index in [-0.39, 0.29) is 18.4 Å². The number of benzene rings is 1. The molecule has 1 saturated heterocycles. The number of amides is 2. The summed E-state index contributed by atoms with van der Waals surface area (Å²) in [6, 6.07) is 7.74. The molecular formula is C19H27ClN4O2. The van der Waals surface area contributed by atoms with Gasteiger partial charge in [-0.2, -0.15) is 0 Å². The van der Waals surface area contributed by atoms with Crippen molar-refractivity contribution in [2.24, 2.45) is 5.73 Å². The summed E-state index contributed by atoms with van der Waals surface area (Å²) >= 11 is 6.05. The van der Waals surface area contributed by atoms with Gasteiger partial charge in [0, 0.05) is 36.9 Å². The molecule has 1 aromatic rings. The molecule has 0 radical (unpaired) electrons. The summed E-state index contributed by atoms with van der Waals surface area (Å²) in [5.74, 6) is -0.244. The predicted octanol–water partition coefficient (Wildman–Crippen LogP) is 1.77. The van der Waals surface area contributed by atoms with Crippen LogP contribution in [0.25, 0.3) is 0 Å². The molecule has 1 heterocycles. The Bertz CT molecular complexity index is 653. The second-order valence-electron chi connectivity index (χ2n) is 7.25. The van der Waals surface area contributed by atoms with Gasteiger partial charge in [0.15, 0.2) is 0 Å². The number of hydrogen-bond donors (Lipinski definition) is 2. The molecule has 26 heavy (non-hydrogen) atoms. The number of piperazine rings is 1. The molecule has 0 atom stereocenters. The second-order valence-corrected chi connectivity index (χ2v) is 7.68. The van der Waals surface area contributed by atoms with Crippen LogP contribution in [0.3, 0.4) is 0 Å². The number of nitrogens with two attached hydrogens (primary N) is 1. The van der Waals surface area contributed by atoms with Gasteiger partial charge in [0.25, 0.3) is 0 Å². The van der Waals surface area contributed by atoms with Crippen LogP contribution in [0, 0.1) is 0 Å². The maximum Gasteiger partial charge on any atom is 0.242 e. The third-order valence-corrected chi connectivity index (χ3v) is 5.64. The molecular weight excluding hydrogens is 352 g/mol. The average molecular weight is 379 g/mol. The van der Waals surface area contributed by atoms with Gasteiger partial charge in [-0.05, 0) is 31.0 Å². The lowest BCUT2D eigenvalue weighted by Gasteiger charge is -2.36. The van der Waals surface area contributed by atoms with Crippen molar-refractivity contribution in [3.63, 3.8) is 0 Å². The molecule has 0 unspecified atom stereocenters. The van der Waals surface area contributed by atoms with E-state index >= 15 is 0 Å². The lowest BCUT2D eigenvalue weighted by Crippen LogP contribution is -2.57. The lowest BCUT2D eigenvalue weighted by molar-refractivity contribution is -0.135. The van der Waals surface area contributed by atoms with E-state index in [4.69, 9.17) is 17.3 Å². The third-order valence-electron chi connectivity index (χ3n) is 5.40. The van der Waals surface area contributed by atoms with Crippen molar-refractivity contribution in [3.05, 3.63) is 29.3 Å². The van der Waals surface area contributed by atoms with E-state index in [9.17, 15) is 9.59 Å². The Morgan fingerprint density at radius 3 is 2.46 bits per heavy atom. The standard InChI is InChI=1S/C19H27ClN4O2/c20-15-5-4-6-16(13-15)23-9-11-24(12-10-23)17(25)14-22-18(26)19(21)7-2-1-3-8-19/h4-6,13H,1-3,7-12,14,21H2,(H,22,26). The Morgan fingerprint density at radius 1 is 1.12 bits per heavy atom. The fourth-order valence-electron chi connectivity index (χ4n) is 3.74. The molecule has 0 aromatic heterocycles. The van der Waals surface area contributed by atoms with E-state index in [0.29, 0.717) is 31.0 Å². The second kappa shape index (κ2) is 8.27. The molecule has 1 aliphatic heterocycles. The highest BCUT2D eigenvalue weighted by atomic mass is 35.5. The van der Waals surface area contributed by atoms with E-state index < -0.39 is 5.54 Å². The van der Waals surface area contributed by atoms with Crippen molar-refractivity contribution in [1.82, 2.24) is 10.2 Å². The molecule has 2 aliphatic rings. The quantitative estimate of drug-likeness (QED) is 0.836. The number of carbonyl (C=O) groups excluding carboxylic acids is 2. The van der Waals surface area contributed by atoms with Crippen molar-refractivity contribution in [1.29, 1.82) is 0 Å². The van der Waals surface area contributed by atoms with Crippen LogP contribution >= 0.6 is 11.6 Å². The highest BCUT2D eigenvalue weighted by Crippen LogP contribution is 2.26. The first-order valence-electron chi connectivity index (χ1n) is 9.33. The Labute approximate surface area is 159 Å². The van der Waals surface area contributed by atoms with Crippen molar-refractivity contribution >= 4 is 29.1 Å². The van der Waals surface area contributed by atoms with Gasteiger partial charge in [-0.1, -0.05) is 36.9 Å². The molecule has 7 heteroatoms. The Hall–Kier alpha value is -1.79. The van der Waals surface area contributed by atoms with Crippen LogP contribution in [0.2, 0.25) is 5.02 Å². The minimum absolute atomic E-state index is 0.0228. The molecule has 142 valence electrons. The van der Waals surface area contributed by atoms with E-state index in [2.05, 4.69) is 10.2 Å². The molecule has 2 fully saturated rings. The SMILES string of the molecule is NC1(C(=O)NCC(=O)N2CCN(c3cccc(Cl)c3)CC2)CCCCC1. The Balaban J connectivity index is 1.45. The maximum absolute atomic E-state index is 12.4. The van der Waals surface area contributed by atoms with Crippen LogP contribution in [0.1, 0.15) is 32.1 Å². The van der Waals surface area contributed by atoms with Gasteiger partial charge in [-0.15, -0.1) is 0 Å². The van der Waals surface area contributed by atoms with Crippen molar-refractivity contribution < 1.29 is 9.59 Å². The number of hydrogen-bond acceptors (Lipinski definition) is 4. The van der Waals surface area contributed by atoms with Gasteiger partial charge >= 0.3 is 0 Å². The summed E-state index contributed by atoms with van der Waals surface area (Å²) in [7, 11) is 0. The number of halogens is 1. The number of carbonyl (C=O) groups is 2. The first kappa shape index (κ1) is 19.0. The fraction of sp³-hybridized carbons (Fsp3) is 0.579. The van der Waals surface area contributed by atoms with Gasteiger partial charge in [0.1, 0.15) is 0 Å². The largest absolute Gasteiger partial charge is 0.368 e. The number of anilines is 1. The number of rotatable bonds is 4. The highest BCUT2D eigenvalue weighted by Gasteiger charge is 2.35. The third kappa shape index (κ3) is 4.48. The molecule has 2 amide bonds. The summed E-state index contributed by atoms with van der Waals surface area (Å²) < 4.78 is 0. The topological polar surface area (TPSA) is 78.7 Å². The predicted molar refractivity (Wildman–Crippen MR) is 103 cm³/mol.